The first kappa shape index (κ1) is 11.9. The molecular formula is C10H7KO3. The van der Waals surface area contributed by atoms with E-state index in [0.29, 0.717) is 11.1 Å². The van der Waals surface area contributed by atoms with E-state index in [0.717, 1.165) is 5.39 Å². The Morgan fingerprint density at radius 1 is 1.36 bits per heavy atom. The molecule has 0 atom stereocenters. The van der Waals surface area contributed by atoms with Crippen LogP contribution >= 0.6 is 0 Å². The standard InChI is InChI=1S/C10H8O3.K/c1-6-7-4-2-3-5-8(7)13-9(6)10(11)12;/h2-5H,1H3,(H,11,12);/q;+1/p-1. The van der Waals surface area contributed by atoms with Crippen molar-refractivity contribution < 1.29 is 65.7 Å². The van der Waals surface area contributed by atoms with Crippen molar-refractivity contribution >= 4 is 16.9 Å². The number of carbonyl (C=O) groups is 1. The van der Waals surface area contributed by atoms with E-state index >= 15 is 0 Å². The third kappa shape index (κ3) is 1.94. The van der Waals surface area contributed by atoms with E-state index in [1.807, 2.05) is 12.1 Å². The maximum Gasteiger partial charge on any atom is 1.00 e. The van der Waals surface area contributed by atoms with Crippen molar-refractivity contribution in [1.29, 1.82) is 0 Å². The predicted octanol–water partition coefficient (Wildman–Crippen LogP) is -1.89. The van der Waals surface area contributed by atoms with Crippen LogP contribution in [0.15, 0.2) is 28.7 Å². The summed E-state index contributed by atoms with van der Waals surface area (Å²) >= 11 is 0. The van der Waals surface area contributed by atoms with Crippen LogP contribution in [0.4, 0.5) is 0 Å². The number of hydrogen-bond donors (Lipinski definition) is 0. The molecule has 2 rings (SSSR count). The molecule has 0 fully saturated rings. The van der Waals surface area contributed by atoms with Crippen molar-refractivity contribution in [2.75, 3.05) is 0 Å². The Balaban J connectivity index is 0.000000980. The molecule has 0 amide bonds. The number of rotatable bonds is 1. The molecule has 0 saturated heterocycles. The van der Waals surface area contributed by atoms with E-state index in [-0.39, 0.29) is 57.1 Å². The Kier molecular flexibility index (Phi) is 3.91. The minimum absolute atomic E-state index is 0. The molecule has 1 heterocycles. The molecule has 3 nitrogen and oxygen atoms in total. The molecule has 1 aromatic carbocycles. The number of furan rings is 1. The van der Waals surface area contributed by atoms with Crippen LogP contribution in [0.1, 0.15) is 16.1 Å². The quantitative estimate of drug-likeness (QED) is 0.522. The monoisotopic (exact) mass is 214 g/mol. The molecule has 0 radical (unpaired) electrons. The van der Waals surface area contributed by atoms with Gasteiger partial charge in [-0.1, -0.05) is 18.2 Å². The van der Waals surface area contributed by atoms with Crippen LogP contribution in [0, 0.1) is 6.92 Å². The Hall–Kier alpha value is -0.134. The molecule has 0 aliphatic rings. The van der Waals surface area contributed by atoms with Gasteiger partial charge in [-0.3, -0.25) is 0 Å². The fourth-order valence-corrected chi connectivity index (χ4v) is 1.37. The average Bonchev–Trinajstić information content (AvgIpc) is 2.45. The van der Waals surface area contributed by atoms with Crippen LogP contribution < -0.4 is 56.5 Å². The molecule has 1 aromatic heterocycles. The Labute approximate surface area is 124 Å². The maximum absolute atomic E-state index is 10.6. The molecule has 4 heteroatoms. The van der Waals surface area contributed by atoms with Crippen LogP contribution in [-0.4, -0.2) is 5.97 Å². The largest absolute Gasteiger partial charge is 1.00 e. The first-order valence-corrected chi connectivity index (χ1v) is 3.89. The fraction of sp³-hybridized carbons (Fsp3) is 0.100. The van der Waals surface area contributed by atoms with Gasteiger partial charge in [0, 0.05) is 10.9 Å². The van der Waals surface area contributed by atoms with Crippen molar-refractivity contribution in [1.82, 2.24) is 0 Å². The number of fused-ring (bicyclic) bond motifs is 1. The summed E-state index contributed by atoms with van der Waals surface area (Å²) in [6.45, 7) is 1.71. The van der Waals surface area contributed by atoms with E-state index in [4.69, 9.17) is 4.42 Å². The van der Waals surface area contributed by atoms with Crippen molar-refractivity contribution in [2.45, 2.75) is 6.92 Å². The van der Waals surface area contributed by atoms with Gasteiger partial charge in [-0.25, -0.2) is 0 Å². The number of aryl methyl sites for hydroxylation is 1. The molecule has 0 aliphatic carbocycles. The van der Waals surface area contributed by atoms with Crippen molar-refractivity contribution in [3.8, 4) is 0 Å². The normalized spacial score (nSPS) is 9.79. The number of benzene rings is 1. The predicted molar refractivity (Wildman–Crippen MR) is 45.3 cm³/mol. The molecule has 0 bridgehead atoms. The first-order valence-electron chi connectivity index (χ1n) is 3.89. The van der Waals surface area contributed by atoms with Gasteiger partial charge < -0.3 is 14.3 Å². The first-order chi connectivity index (χ1) is 6.20. The third-order valence-corrected chi connectivity index (χ3v) is 2.03. The molecule has 0 aliphatic heterocycles. The summed E-state index contributed by atoms with van der Waals surface area (Å²) in [6, 6.07) is 7.18. The maximum atomic E-state index is 10.6. The van der Waals surface area contributed by atoms with E-state index in [9.17, 15) is 9.90 Å². The van der Waals surface area contributed by atoms with Gasteiger partial charge in [0.15, 0.2) is 5.76 Å². The second-order valence-corrected chi connectivity index (χ2v) is 2.84. The summed E-state index contributed by atoms with van der Waals surface area (Å²) in [6.07, 6.45) is 0. The summed E-state index contributed by atoms with van der Waals surface area (Å²) in [4.78, 5) is 10.6. The minimum atomic E-state index is -1.27. The Morgan fingerprint density at radius 2 is 2.00 bits per heavy atom. The number of aromatic carboxylic acids is 1. The molecule has 0 unspecified atom stereocenters. The van der Waals surface area contributed by atoms with E-state index in [1.165, 1.54) is 0 Å². The van der Waals surface area contributed by atoms with Crippen molar-refractivity contribution in [3.63, 3.8) is 0 Å². The van der Waals surface area contributed by atoms with Crippen LogP contribution in [0.2, 0.25) is 0 Å². The molecular weight excluding hydrogens is 207 g/mol. The van der Waals surface area contributed by atoms with Gasteiger partial charge in [0.05, 0.1) is 0 Å². The smallest absolute Gasteiger partial charge is 0.542 e. The zero-order chi connectivity index (χ0) is 9.42. The van der Waals surface area contributed by atoms with Gasteiger partial charge in [0.1, 0.15) is 11.6 Å². The van der Waals surface area contributed by atoms with Crippen LogP contribution in [0.25, 0.3) is 11.0 Å². The van der Waals surface area contributed by atoms with Gasteiger partial charge >= 0.3 is 51.4 Å². The number of hydrogen-bond acceptors (Lipinski definition) is 3. The van der Waals surface area contributed by atoms with E-state index < -0.39 is 5.97 Å². The second-order valence-electron chi connectivity index (χ2n) is 2.84. The van der Waals surface area contributed by atoms with Gasteiger partial charge in [-0.05, 0) is 13.0 Å². The average molecular weight is 214 g/mol. The van der Waals surface area contributed by atoms with E-state index in [2.05, 4.69) is 0 Å². The molecule has 2 aromatic rings. The van der Waals surface area contributed by atoms with Crippen molar-refractivity contribution in [2.24, 2.45) is 0 Å². The Morgan fingerprint density at radius 3 is 2.57 bits per heavy atom. The van der Waals surface area contributed by atoms with Crippen LogP contribution in [0.3, 0.4) is 0 Å². The Bertz CT molecular complexity index is 473. The fourth-order valence-electron chi connectivity index (χ4n) is 1.37. The summed E-state index contributed by atoms with van der Waals surface area (Å²) in [5.74, 6) is -1.35. The summed E-state index contributed by atoms with van der Waals surface area (Å²) < 4.78 is 5.10. The zero-order valence-electron chi connectivity index (χ0n) is 8.03. The van der Waals surface area contributed by atoms with Gasteiger partial charge in [0.25, 0.3) is 0 Å². The third-order valence-electron chi connectivity index (χ3n) is 2.03. The molecule has 0 saturated carbocycles. The van der Waals surface area contributed by atoms with Gasteiger partial charge in [-0.2, -0.15) is 0 Å². The molecule has 66 valence electrons. The SMILES string of the molecule is Cc1c(C(=O)[O-])oc2ccccc12.[K+]. The van der Waals surface area contributed by atoms with E-state index in [1.54, 1.807) is 19.1 Å². The second kappa shape index (κ2) is 4.59. The van der Waals surface area contributed by atoms with Gasteiger partial charge in [0.2, 0.25) is 0 Å². The van der Waals surface area contributed by atoms with Gasteiger partial charge in [-0.15, -0.1) is 0 Å². The molecule has 14 heavy (non-hydrogen) atoms. The van der Waals surface area contributed by atoms with Crippen molar-refractivity contribution in [3.05, 3.63) is 35.6 Å². The number of carboxylic acid groups (broad SMARTS) is 1. The van der Waals surface area contributed by atoms with Crippen LogP contribution in [-0.2, 0) is 0 Å². The number of carboxylic acids is 1. The zero-order valence-corrected chi connectivity index (χ0v) is 11.2. The molecule has 0 N–H and O–H groups in total. The summed E-state index contributed by atoms with van der Waals surface area (Å²) in [7, 11) is 0. The van der Waals surface area contributed by atoms with Crippen LogP contribution in [0.5, 0.6) is 0 Å². The molecule has 0 spiro atoms. The minimum Gasteiger partial charge on any atom is -0.542 e. The summed E-state index contributed by atoms with van der Waals surface area (Å²) in [5, 5.41) is 11.4. The number of carbonyl (C=O) groups excluding carboxylic acids is 1. The topological polar surface area (TPSA) is 53.3 Å². The number of para-hydroxylation sites is 1. The summed E-state index contributed by atoms with van der Waals surface area (Å²) in [5.41, 5.74) is 1.20.